The van der Waals surface area contributed by atoms with Crippen molar-refractivity contribution >= 4 is 0 Å². The summed E-state index contributed by atoms with van der Waals surface area (Å²) in [4.78, 5) is 0. The fraction of sp³-hybridized carbons (Fsp3) is 0.400. The van der Waals surface area contributed by atoms with E-state index >= 15 is 0 Å². The summed E-state index contributed by atoms with van der Waals surface area (Å²) >= 11 is 0. The molecule has 0 amide bonds. The summed E-state index contributed by atoms with van der Waals surface area (Å²) in [5.74, 6) is 1.80. The van der Waals surface area contributed by atoms with Crippen LogP contribution in [0.15, 0.2) is 0 Å². The van der Waals surface area contributed by atoms with Crippen LogP contribution in [0.5, 0.6) is 0 Å². The average Bonchev–Trinajstić information content (AvgIpc) is 1.35. The monoisotopic (exact) mass is 82.0 g/mol. The number of hydrogen-bond donors (Lipinski definition) is 1. The molecule has 1 nitrogen and oxygen atoms in total. The van der Waals surface area contributed by atoms with Crippen molar-refractivity contribution < 1.29 is 5.11 Å². The van der Waals surface area contributed by atoms with Crippen LogP contribution in [0.25, 0.3) is 0 Å². The first-order valence-electron chi connectivity index (χ1n) is 1.58. The second kappa shape index (κ2) is 1.38. The van der Waals surface area contributed by atoms with Crippen LogP contribution in [-0.2, 0) is 0 Å². The quantitative estimate of drug-likeness (QED) is 0.326. The van der Waals surface area contributed by atoms with E-state index in [0.29, 0.717) is 0 Å². The van der Waals surface area contributed by atoms with Gasteiger partial charge in [0.1, 0.15) is 0 Å². The molecule has 0 aliphatic carbocycles. The SMILES string of the molecule is [C+]#CC([CH2+])(C)O. The van der Waals surface area contributed by atoms with Crippen molar-refractivity contribution in [3.05, 3.63) is 13.3 Å². The zero-order valence-corrected chi connectivity index (χ0v) is 3.65. The summed E-state index contributed by atoms with van der Waals surface area (Å²) < 4.78 is 0. The molecule has 0 fully saturated rings. The standard InChI is InChI=1S/C5H6O/c1-4-5(2,3)6/h6H,2H2,3H3/q+2. The van der Waals surface area contributed by atoms with Gasteiger partial charge in [-0.3, -0.25) is 0 Å². The molecule has 0 saturated heterocycles. The van der Waals surface area contributed by atoms with Gasteiger partial charge in [0.15, 0.2) is 0 Å². The Morgan fingerprint density at radius 3 is 2.17 bits per heavy atom. The molecule has 0 bridgehead atoms. The van der Waals surface area contributed by atoms with Crippen molar-refractivity contribution in [1.29, 1.82) is 0 Å². The van der Waals surface area contributed by atoms with Gasteiger partial charge in [-0.2, -0.15) is 0 Å². The second-order valence-electron chi connectivity index (χ2n) is 1.40. The van der Waals surface area contributed by atoms with Crippen molar-refractivity contribution in [3.8, 4) is 5.92 Å². The molecule has 1 unspecified atom stereocenters. The zero-order chi connectivity index (χ0) is 5.21. The molecule has 0 heterocycles. The van der Waals surface area contributed by atoms with Gasteiger partial charge in [-0.05, 0) is 0 Å². The summed E-state index contributed by atoms with van der Waals surface area (Å²) in [6.07, 6.45) is 6.29. The van der Waals surface area contributed by atoms with Crippen molar-refractivity contribution in [1.82, 2.24) is 0 Å². The summed E-state index contributed by atoms with van der Waals surface area (Å²) in [7, 11) is 0. The van der Waals surface area contributed by atoms with Crippen LogP contribution in [0.1, 0.15) is 6.92 Å². The first kappa shape index (κ1) is 5.61. The Hall–Kier alpha value is -0.390. The van der Waals surface area contributed by atoms with Crippen molar-refractivity contribution in [2.45, 2.75) is 12.5 Å². The molecule has 0 aromatic heterocycles. The third kappa shape index (κ3) is 3.61. The normalized spacial score (nSPS) is 18.7. The predicted molar refractivity (Wildman–Crippen MR) is 23.1 cm³/mol. The molecule has 6 heavy (non-hydrogen) atoms. The first-order chi connectivity index (χ1) is 2.56. The molecular formula is C5H6O+2. The number of aliphatic hydroxyl groups is 1. The van der Waals surface area contributed by atoms with Gasteiger partial charge in [-0.25, -0.2) is 0 Å². The molecule has 1 atom stereocenters. The Morgan fingerprint density at radius 1 is 2.00 bits per heavy atom. The molecule has 0 rings (SSSR count). The maximum absolute atomic E-state index is 8.42. The van der Waals surface area contributed by atoms with Gasteiger partial charge in [0, 0.05) is 0 Å². The summed E-state index contributed by atoms with van der Waals surface area (Å²) in [6, 6.07) is 0. The van der Waals surface area contributed by atoms with E-state index in [-0.39, 0.29) is 0 Å². The number of rotatable bonds is 0. The molecule has 0 radical (unpaired) electrons. The fourth-order valence-electron chi connectivity index (χ4n) is 0. The van der Waals surface area contributed by atoms with E-state index in [1.807, 2.05) is 0 Å². The first-order valence-corrected chi connectivity index (χ1v) is 1.58. The van der Waals surface area contributed by atoms with E-state index in [1.165, 1.54) is 6.92 Å². The van der Waals surface area contributed by atoms with Gasteiger partial charge in [-0.15, -0.1) is 0 Å². The van der Waals surface area contributed by atoms with Crippen LogP contribution in [0.2, 0.25) is 0 Å². The Labute approximate surface area is 38.0 Å². The van der Waals surface area contributed by atoms with Gasteiger partial charge in [0.05, 0.1) is 0 Å². The van der Waals surface area contributed by atoms with Gasteiger partial charge in [-0.1, -0.05) is 0 Å². The molecule has 0 aliphatic heterocycles. The Bertz CT molecular complexity index is 70.9. The van der Waals surface area contributed by atoms with Gasteiger partial charge < -0.3 is 0 Å². The van der Waals surface area contributed by atoms with Crippen molar-refractivity contribution in [3.63, 3.8) is 0 Å². The van der Waals surface area contributed by atoms with E-state index in [2.05, 4.69) is 6.92 Å². The Kier molecular flexibility index (Phi) is 1.29. The van der Waals surface area contributed by atoms with E-state index in [9.17, 15) is 0 Å². The molecule has 0 aliphatic rings. The topological polar surface area (TPSA) is 20.2 Å². The van der Waals surface area contributed by atoms with E-state index in [1.54, 1.807) is 5.92 Å². The molecular weight excluding hydrogens is 76.1 g/mol. The minimum absolute atomic E-state index is 1.29. The van der Waals surface area contributed by atoms with Crippen LogP contribution < -0.4 is 0 Å². The molecule has 0 aromatic carbocycles. The van der Waals surface area contributed by atoms with Crippen LogP contribution in [0.3, 0.4) is 0 Å². The molecule has 0 aromatic rings. The zero-order valence-electron chi connectivity index (χ0n) is 3.65. The van der Waals surface area contributed by atoms with E-state index < -0.39 is 5.60 Å². The molecule has 0 saturated carbocycles. The molecule has 1 heteroatoms. The Balaban J connectivity index is 3.55. The second-order valence-corrected chi connectivity index (χ2v) is 1.40. The summed E-state index contributed by atoms with van der Waals surface area (Å²) in [6.45, 7) is 4.53. The third-order valence-corrected chi connectivity index (χ3v) is 0.269. The predicted octanol–water partition coefficient (Wildman–Crippen LogP) is 0.161. The molecule has 30 valence electrons. The average molecular weight is 82.1 g/mol. The van der Waals surface area contributed by atoms with E-state index in [4.69, 9.17) is 11.5 Å². The molecule has 0 spiro atoms. The van der Waals surface area contributed by atoms with Gasteiger partial charge in [0.2, 0.25) is 0 Å². The van der Waals surface area contributed by atoms with Gasteiger partial charge in [0.25, 0.3) is 0 Å². The Morgan fingerprint density at radius 2 is 2.17 bits per heavy atom. The van der Waals surface area contributed by atoms with Crippen molar-refractivity contribution in [2.24, 2.45) is 0 Å². The maximum atomic E-state index is 8.42. The van der Waals surface area contributed by atoms with E-state index in [0.717, 1.165) is 0 Å². The van der Waals surface area contributed by atoms with Crippen LogP contribution >= 0.6 is 0 Å². The van der Waals surface area contributed by atoms with Crippen molar-refractivity contribution in [2.75, 3.05) is 0 Å². The summed E-state index contributed by atoms with van der Waals surface area (Å²) in [5, 5.41) is 8.42. The third-order valence-electron chi connectivity index (χ3n) is 0.269. The number of hydrogen-bond acceptors (Lipinski definition) is 1. The van der Waals surface area contributed by atoms with Crippen LogP contribution in [-0.4, -0.2) is 10.7 Å². The van der Waals surface area contributed by atoms with Crippen LogP contribution in [0.4, 0.5) is 0 Å². The molecule has 1 N–H and O–H groups in total. The van der Waals surface area contributed by atoms with Gasteiger partial charge >= 0.3 is 36.9 Å². The van der Waals surface area contributed by atoms with Crippen LogP contribution in [0, 0.1) is 19.3 Å². The minimum atomic E-state index is -1.29. The fourth-order valence-corrected chi connectivity index (χ4v) is 0. The summed E-state index contributed by atoms with van der Waals surface area (Å²) in [5.41, 5.74) is -1.29.